The number of H-pyrrole nitrogens is 1. The summed E-state index contributed by atoms with van der Waals surface area (Å²) in [4.78, 5) is 48.9. The van der Waals surface area contributed by atoms with Gasteiger partial charge < -0.3 is 25.6 Å². The van der Waals surface area contributed by atoms with Crippen LogP contribution in [0.4, 0.5) is 26.3 Å². The Balaban J connectivity index is 0.000000482. The monoisotopic (exact) mass is 732 g/mol. The highest BCUT2D eigenvalue weighted by atomic mass is 35.5. The zero-order valence-corrected chi connectivity index (χ0v) is 27.8. The first-order chi connectivity index (χ1) is 23.6. The molecule has 1 saturated carbocycles. The number of fused-ring (bicyclic) bond motifs is 1. The number of phenolic OH excluding ortho intramolecular Hbond substituents is 1. The van der Waals surface area contributed by atoms with Gasteiger partial charge in [-0.3, -0.25) is 19.2 Å². The Kier molecular flexibility index (Phi) is 15.3. The highest BCUT2D eigenvalue weighted by molar-refractivity contribution is 6.41. The minimum absolute atomic E-state index is 0.0792. The summed E-state index contributed by atoms with van der Waals surface area (Å²) in [6.45, 7) is 3.70. The Hall–Kier alpha value is -3.95. The van der Waals surface area contributed by atoms with Crippen LogP contribution in [0.5, 0.6) is 5.75 Å². The minimum atomic E-state index is -5.77. The van der Waals surface area contributed by atoms with Crippen LogP contribution in [0.1, 0.15) is 49.7 Å². The number of aromatic hydroxyl groups is 1. The van der Waals surface area contributed by atoms with E-state index in [0.29, 0.717) is 31.1 Å². The Labute approximate surface area is 289 Å². The number of nitrogens with zero attached hydrogens (tertiary/aromatic N) is 1. The lowest BCUT2D eigenvalue weighted by Crippen LogP contribution is -2.45. The molecular formula is C34H39ClF6N4O5. The third kappa shape index (κ3) is 12.7. The summed E-state index contributed by atoms with van der Waals surface area (Å²) >= 11 is 5.96. The van der Waals surface area contributed by atoms with E-state index in [0.717, 1.165) is 61.3 Å². The first kappa shape index (κ1) is 40.5. The van der Waals surface area contributed by atoms with Gasteiger partial charge in [-0.05, 0) is 74.2 Å². The number of amides is 1. The van der Waals surface area contributed by atoms with Gasteiger partial charge in [0.1, 0.15) is 5.75 Å². The second-order valence-electron chi connectivity index (χ2n) is 11.8. The Morgan fingerprint density at radius 3 is 2.02 bits per heavy atom. The standard InChI is InChI=1S/C30H39ClN4O3.C4F6O2/c31-24-9-6-22(7-10-24)14-17-32-19-16-29(38)35(25-4-2-1-3-5-25)21-20-33-18-15-23-8-12-27(36)30-26(23)11-13-28(37)34-30;5-3(6,7)1(11)2(12)4(8,9)10/h6-13,25,32-33,36H,1-5,14-21H2,(H,34,37);. The van der Waals surface area contributed by atoms with Crippen molar-refractivity contribution >= 4 is 40.0 Å². The van der Waals surface area contributed by atoms with E-state index >= 15 is 0 Å². The molecule has 1 aliphatic rings. The van der Waals surface area contributed by atoms with Gasteiger partial charge in [-0.1, -0.05) is 49.1 Å². The molecule has 0 unspecified atom stereocenters. The molecule has 50 heavy (non-hydrogen) atoms. The summed E-state index contributed by atoms with van der Waals surface area (Å²) in [5, 5.41) is 18.6. The number of halogens is 7. The van der Waals surface area contributed by atoms with E-state index < -0.39 is 23.9 Å². The van der Waals surface area contributed by atoms with Gasteiger partial charge in [0.25, 0.3) is 0 Å². The van der Waals surface area contributed by atoms with Crippen LogP contribution in [0.25, 0.3) is 10.9 Å². The Bertz CT molecular complexity index is 1620. The molecule has 1 heterocycles. The number of alkyl halides is 6. The van der Waals surface area contributed by atoms with Crippen LogP contribution >= 0.6 is 11.6 Å². The largest absolute Gasteiger partial charge is 0.506 e. The second kappa shape index (κ2) is 18.9. The van der Waals surface area contributed by atoms with Gasteiger partial charge in [-0.15, -0.1) is 0 Å². The van der Waals surface area contributed by atoms with E-state index in [1.165, 1.54) is 30.9 Å². The lowest BCUT2D eigenvalue weighted by atomic mass is 9.94. The van der Waals surface area contributed by atoms with Crippen LogP contribution in [0.3, 0.4) is 0 Å². The number of carbonyl (C=O) groups is 3. The molecule has 1 amide bonds. The molecule has 4 N–H and O–H groups in total. The lowest BCUT2D eigenvalue weighted by molar-refractivity contribution is -0.193. The molecule has 4 rings (SSSR count). The predicted molar refractivity (Wildman–Crippen MR) is 176 cm³/mol. The van der Waals surface area contributed by atoms with Gasteiger partial charge >= 0.3 is 23.9 Å². The first-order valence-electron chi connectivity index (χ1n) is 16.1. The summed E-state index contributed by atoms with van der Waals surface area (Å²) in [6, 6.07) is 15.0. The van der Waals surface area contributed by atoms with Crippen molar-refractivity contribution in [3.05, 3.63) is 75.0 Å². The summed E-state index contributed by atoms with van der Waals surface area (Å²) in [6.07, 6.45) is -3.54. The number of hydrogen-bond acceptors (Lipinski definition) is 7. The second-order valence-corrected chi connectivity index (χ2v) is 12.2. The molecule has 0 atom stereocenters. The van der Waals surface area contributed by atoms with Crippen LogP contribution in [-0.2, 0) is 27.2 Å². The minimum Gasteiger partial charge on any atom is -0.506 e. The number of pyridine rings is 1. The molecular weight excluding hydrogens is 694 g/mol. The van der Waals surface area contributed by atoms with Crippen LogP contribution in [0, 0.1) is 0 Å². The van der Waals surface area contributed by atoms with E-state index in [1.54, 1.807) is 12.1 Å². The maximum Gasteiger partial charge on any atom is 0.458 e. The molecule has 9 nitrogen and oxygen atoms in total. The van der Waals surface area contributed by atoms with Crippen molar-refractivity contribution in [3.8, 4) is 5.75 Å². The maximum atomic E-state index is 13.2. The number of rotatable bonds is 14. The van der Waals surface area contributed by atoms with Crippen LogP contribution in [0.2, 0.25) is 5.02 Å². The van der Waals surface area contributed by atoms with E-state index in [1.807, 2.05) is 30.3 Å². The fraction of sp³-hybridized carbons (Fsp3) is 0.471. The maximum absolute atomic E-state index is 13.2. The molecule has 16 heteroatoms. The normalized spacial score (nSPS) is 13.8. The average molecular weight is 733 g/mol. The van der Waals surface area contributed by atoms with Crippen molar-refractivity contribution in [1.82, 2.24) is 20.5 Å². The summed E-state index contributed by atoms with van der Waals surface area (Å²) in [7, 11) is 0. The number of Topliss-reactive ketones (excluding diaryl/α,β-unsaturated/α-hetero) is 2. The molecule has 0 bridgehead atoms. The number of carbonyl (C=O) groups excluding carboxylic acids is 3. The lowest BCUT2D eigenvalue weighted by Gasteiger charge is -2.34. The van der Waals surface area contributed by atoms with Gasteiger partial charge in [-0.2, -0.15) is 26.3 Å². The van der Waals surface area contributed by atoms with Crippen LogP contribution in [-0.4, -0.2) is 83.6 Å². The molecule has 3 aromatic rings. The molecule has 0 saturated heterocycles. The van der Waals surface area contributed by atoms with Crippen LogP contribution in [0.15, 0.2) is 53.3 Å². The predicted octanol–water partition coefficient (Wildman–Crippen LogP) is 5.65. The number of ketones is 2. The van der Waals surface area contributed by atoms with Crippen molar-refractivity contribution in [1.29, 1.82) is 0 Å². The highest BCUT2D eigenvalue weighted by Gasteiger charge is 2.54. The molecule has 1 aliphatic carbocycles. The molecule has 0 spiro atoms. The van der Waals surface area contributed by atoms with Crippen LogP contribution < -0.4 is 16.2 Å². The Morgan fingerprint density at radius 2 is 1.40 bits per heavy atom. The average Bonchev–Trinajstić information content (AvgIpc) is 3.07. The fourth-order valence-electron chi connectivity index (χ4n) is 5.57. The SMILES string of the molecule is O=C(C(=O)C(F)(F)F)C(F)(F)F.O=C(CCNCCc1ccc(Cl)cc1)N(CCNCCc1ccc(O)c2[nH]c(=O)ccc12)C1CCCCC1. The number of hydrogen-bond donors (Lipinski definition) is 4. The van der Waals surface area contributed by atoms with Crippen molar-refractivity contribution < 1.29 is 45.8 Å². The highest BCUT2D eigenvalue weighted by Crippen LogP contribution is 2.26. The van der Waals surface area contributed by atoms with Crippen molar-refractivity contribution in [2.24, 2.45) is 0 Å². The quantitative estimate of drug-likeness (QED) is 0.0958. The van der Waals surface area contributed by atoms with Gasteiger partial charge in [0.15, 0.2) is 0 Å². The number of nitrogens with one attached hydrogen (secondary N) is 3. The van der Waals surface area contributed by atoms with E-state index in [2.05, 4.69) is 20.5 Å². The first-order valence-corrected chi connectivity index (χ1v) is 16.5. The third-order valence-corrected chi connectivity index (χ3v) is 8.39. The molecule has 1 aromatic heterocycles. The molecule has 2 aromatic carbocycles. The smallest absolute Gasteiger partial charge is 0.458 e. The van der Waals surface area contributed by atoms with Crippen molar-refractivity contribution in [2.75, 3.05) is 32.7 Å². The van der Waals surface area contributed by atoms with E-state index in [9.17, 15) is 50.6 Å². The molecule has 0 aliphatic heterocycles. The third-order valence-electron chi connectivity index (χ3n) is 8.14. The van der Waals surface area contributed by atoms with Gasteiger partial charge in [-0.25, -0.2) is 0 Å². The zero-order valence-electron chi connectivity index (χ0n) is 27.1. The van der Waals surface area contributed by atoms with E-state index in [4.69, 9.17) is 11.6 Å². The fourth-order valence-corrected chi connectivity index (χ4v) is 5.70. The molecule has 274 valence electrons. The number of benzene rings is 2. The number of phenols is 1. The topological polar surface area (TPSA) is 132 Å². The molecule has 1 fully saturated rings. The molecule has 0 radical (unpaired) electrons. The van der Waals surface area contributed by atoms with Gasteiger partial charge in [0, 0.05) is 48.6 Å². The van der Waals surface area contributed by atoms with Crippen molar-refractivity contribution in [2.45, 2.75) is 69.8 Å². The van der Waals surface area contributed by atoms with Gasteiger partial charge in [0.2, 0.25) is 11.5 Å². The van der Waals surface area contributed by atoms with Crippen molar-refractivity contribution in [3.63, 3.8) is 0 Å². The summed E-state index contributed by atoms with van der Waals surface area (Å²) < 4.78 is 67.0. The zero-order chi connectivity index (χ0) is 36.9. The summed E-state index contributed by atoms with van der Waals surface area (Å²) in [5.41, 5.74) is 2.54. The Morgan fingerprint density at radius 1 is 0.800 bits per heavy atom. The summed E-state index contributed by atoms with van der Waals surface area (Å²) in [5.74, 6) is -6.51. The van der Waals surface area contributed by atoms with Gasteiger partial charge in [0.05, 0.1) is 5.52 Å². The van der Waals surface area contributed by atoms with E-state index in [-0.39, 0.29) is 17.2 Å². The number of aromatic nitrogens is 1. The number of aromatic amines is 1.